The molecule has 1 fully saturated rings. The maximum atomic E-state index is 9.77. The van der Waals surface area contributed by atoms with Gasteiger partial charge >= 0.3 is 0 Å². The summed E-state index contributed by atoms with van der Waals surface area (Å²) in [4.78, 5) is 0. The van der Waals surface area contributed by atoms with Crippen LogP contribution in [0, 0.1) is 13.8 Å². The SMILES string of the molecule is Cc1ccc(OC[C@H]2O[C@H](O)C[C@@H]2Oc2ccc(C)cc2)cc1. The molecule has 0 unspecified atom stereocenters. The van der Waals surface area contributed by atoms with Crippen LogP contribution >= 0.6 is 0 Å². The summed E-state index contributed by atoms with van der Waals surface area (Å²) in [5.74, 6) is 1.56. The lowest BCUT2D eigenvalue weighted by molar-refractivity contribution is -0.103. The van der Waals surface area contributed by atoms with Gasteiger partial charge in [-0.1, -0.05) is 35.4 Å². The van der Waals surface area contributed by atoms with E-state index in [9.17, 15) is 5.11 Å². The van der Waals surface area contributed by atoms with Gasteiger partial charge < -0.3 is 19.3 Å². The molecule has 1 aliphatic heterocycles. The van der Waals surface area contributed by atoms with Gasteiger partial charge in [0.2, 0.25) is 0 Å². The largest absolute Gasteiger partial charge is 0.491 e. The Hall–Kier alpha value is -2.04. The van der Waals surface area contributed by atoms with Gasteiger partial charge in [-0.2, -0.15) is 0 Å². The highest BCUT2D eigenvalue weighted by atomic mass is 16.6. The Morgan fingerprint density at radius 1 is 0.957 bits per heavy atom. The molecule has 1 aliphatic rings. The molecular formula is C19H22O4. The van der Waals surface area contributed by atoms with Crippen LogP contribution in [-0.2, 0) is 4.74 Å². The molecule has 0 bridgehead atoms. The summed E-state index contributed by atoms with van der Waals surface area (Å²) < 4.78 is 17.2. The van der Waals surface area contributed by atoms with Crippen LogP contribution in [0.1, 0.15) is 17.5 Å². The van der Waals surface area contributed by atoms with Crippen molar-refractivity contribution in [3.05, 3.63) is 59.7 Å². The molecule has 1 saturated heterocycles. The van der Waals surface area contributed by atoms with Gasteiger partial charge in [-0.3, -0.25) is 0 Å². The smallest absolute Gasteiger partial charge is 0.158 e. The van der Waals surface area contributed by atoms with Crippen LogP contribution < -0.4 is 9.47 Å². The average Bonchev–Trinajstić information content (AvgIpc) is 2.89. The predicted octanol–water partition coefficient (Wildman–Crippen LogP) is 3.24. The summed E-state index contributed by atoms with van der Waals surface area (Å²) in [6, 6.07) is 15.7. The molecule has 122 valence electrons. The van der Waals surface area contributed by atoms with Crippen LogP contribution in [0.15, 0.2) is 48.5 Å². The Bertz CT molecular complexity index is 621. The molecule has 0 radical (unpaired) electrons. The highest BCUT2D eigenvalue weighted by Gasteiger charge is 2.36. The normalized spacial score (nSPS) is 23.7. The Labute approximate surface area is 136 Å². The van der Waals surface area contributed by atoms with Gasteiger partial charge in [0.15, 0.2) is 6.29 Å². The Balaban J connectivity index is 1.60. The Morgan fingerprint density at radius 2 is 1.52 bits per heavy atom. The maximum Gasteiger partial charge on any atom is 0.158 e. The average molecular weight is 314 g/mol. The second-order valence-electron chi connectivity index (χ2n) is 5.96. The lowest BCUT2D eigenvalue weighted by Gasteiger charge is -2.20. The third-order valence-corrected chi connectivity index (χ3v) is 3.92. The highest BCUT2D eigenvalue weighted by Crippen LogP contribution is 2.25. The Morgan fingerprint density at radius 3 is 2.13 bits per heavy atom. The molecule has 4 nitrogen and oxygen atoms in total. The van der Waals surface area contributed by atoms with Crippen LogP contribution in [0.25, 0.3) is 0 Å². The monoisotopic (exact) mass is 314 g/mol. The van der Waals surface area contributed by atoms with E-state index in [2.05, 4.69) is 0 Å². The topological polar surface area (TPSA) is 47.9 Å². The van der Waals surface area contributed by atoms with Crippen molar-refractivity contribution in [2.24, 2.45) is 0 Å². The van der Waals surface area contributed by atoms with Gasteiger partial charge in [-0.05, 0) is 38.1 Å². The van der Waals surface area contributed by atoms with Crippen molar-refractivity contribution in [1.82, 2.24) is 0 Å². The summed E-state index contributed by atoms with van der Waals surface area (Å²) in [6.45, 7) is 4.41. The fraction of sp³-hybridized carbons (Fsp3) is 0.368. The molecule has 2 aromatic carbocycles. The van der Waals surface area contributed by atoms with Gasteiger partial charge in [0.05, 0.1) is 0 Å². The van der Waals surface area contributed by atoms with E-state index in [1.54, 1.807) is 0 Å². The first-order valence-corrected chi connectivity index (χ1v) is 7.86. The van der Waals surface area contributed by atoms with Crippen molar-refractivity contribution in [3.8, 4) is 11.5 Å². The minimum atomic E-state index is -0.808. The number of benzene rings is 2. The first-order chi connectivity index (χ1) is 11.1. The van der Waals surface area contributed by atoms with E-state index in [-0.39, 0.29) is 12.2 Å². The van der Waals surface area contributed by atoms with Gasteiger partial charge in [0, 0.05) is 6.42 Å². The second kappa shape index (κ2) is 7.02. The molecule has 23 heavy (non-hydrogen) atoms. The number of hydrogen-bond acceptors (Lipinski definition) is 4. The molecule has 2 aromatic rings. The zero-order valence-electron chi connectivity index (χ0n) is 13.4. The van der Waals surface area contributed by atoms with E-state index in [1.807, 2.05) is 62.4 Å². The fourth-order valence-corrected chi connectivity index (χ4v) is 2.57. The van der Waals surface area contributed by atoms with Gasteiger partial charge in [0.1, 0.15) is 30.3 Å². The fourth-order valence-electron chi connectivity index (χ4n) is 2.57. The number of ether oxygens (including phenoxy) is 3. The lowest BCUT2D eigenvalue weighted by atomic mass is 10.2. The molecule has 4 heteroatoms. The number of aliphatic hydroxyl groups is 1. The summed E-state index contributed by atoms with van der Waals surface area (Å²) in [7, 11) is 0. The standard InChI is InChI=1S/C19H22O4/c1-13-3-7-15(8-4-13)21-12-18-17(11-19(20)23-18)22-16-9-5-14(2)6-10-16/h3-10,17-20H,11-12H2,1-2H3/t17-,18+,19-/m0/s1. The van der Waals surface area contributed by atoms with Crippen LogP contribution in [-0.4, -0.2) is 30.2 Å². The molecule has 0 saturated carbocycles. The van der Waals surface area contributed by atoms with Crippen LogP contribution in [0.2, 0.25) is 0 Å². The minimum absolute atomic E-state index is 0.224. The first-order valence-electron chi connectivity index (χ1n) is 7.86. The Kier molecular flexibility index (Phi) is 4.84. The molecular weight excluding hydrogens is 292 g/mol. The van der Waals surface area contributed by atoms with Crippen molar-refractivity contribution < 1.29 is 19.3 Å². The van der Waals surface area contributed by atoms with Crippen molar-refractivity contribution in [1.29, 1.82) is 0 Å². The zero-order chi connectivity index (χ0) is 16.2. The molecule has 0 aromatic heterocycles. The van der Waals surface area contributed by atoms with Crippen LogP contribution in [0.5, 0.6) is 11.5 Å². The van der Waals surface area contributed by atoms with Crippen molar-refractivity contribution in [2.75, 3.05) is 6.61 Å². The molecule has 1 N–H and O–H groups in total. The van der Waals surface area contributed by atoms with E-state index in [0.717, 1.165) is 11.5 Å². The van der Waals surface area contributed by atoms with Gasteiger partial charge in [-0.25, -0.2) is 0 Å². The molecule has 1 heterocycles. The summed E-state index contributed by atoms with van der Waals surface area (Å²) in [5, 5.41) is 9.77. The predicted molar refractivity (Wildman–Crippen MR) is 87.8 cm³/mol. The van der Waals surface area contributed by atoms with E-state index in [0.29, 0.717) is 13.0 Å². The molecule has 3 rings (SSSR count). The highest BCUT2D eigenvalue weighted by molar-refractivity contribution is 5.27. The van der Waals surface area contributed by atoms with Crippen molar-refractivity contribution in [3.63, 3.8) is 0 Å². The second-order valence-corrected chi connectivity index (χ2v) is 5.96. The number of rotatable bonds is 5. The molecule has 3 atom stereocenters. The minimum Gasteiger partial charge on any atom is -0.491 e. The van der Waals surface area contributed by atoms with Crippen LogP contribution in [0.4, 0.5) is 0 Å². The number of aliphatic hydroxyl groups excluding tert-OH is 1. The zero-order valence-corrected chi connectivity index (χ0v) is 13.4. The quantitative estimate of drug-likeness (QED) is 0.920. The van der Waals surface area contributed by atoms with E-state index < -0.39 is 6.29 Å². The third kappa shape index (κ3) is 4.24. The van der Waals surface area contributed by atoms with Crippen molar-refractivity contribution in [2.45, 2.75) is 38.8 Å². The van der Waals surface area contributed by atoms with Crippen LogP contribution in [0.3, 0.4) is 0 Å². The van der Waals surface area contributed by atoms with Gasteiger partial charge in [0.25, 0.3) is 0 Å². The van der Waals surface area contributed by atoms with Crippen molar-refractivity contribution >= 4 is 0 Å². The molecule has 0 aliphatic carbocycles. The van der Waals surface area contributed by atoms with E-state index >= 15 is 0 Å². The summed E-state index contributed by atoms with van der Waals surface area (Å²) in [5.41, 5.74) is 2.37. The lowest BCUT2D eigenvalue weighted by Crippen LogP contribution is -2.32. The first kappa shape index (κ1) is 15.8. The third-order valence-electron chi connectivity index (χ3n) is 3.92. The number of aryl methyl sites for hydroxylation is 2. The number of hydrogen-bond donors (Lipinski definition) is 1. The summed E-state index contributed by atoms with van der Waals surface area (Å²) in [6.07, 6.45) is -0.890. The molecule has 0 spiro atoms. The van der Waals surface area contributed by atoms with E-state index in [1.165, 1.54) is 11.1 Å². The van der Waals surface area contributed by atoms with E-state index in [4.69, 9.17) is 14.2 Å². The molecule has 0 amide bonds. The van der Waals surface area contributed by atoms with Gasteiger partial charge in [-0.15, -0.1) is 0 Å². The maximum absolute atomic E-state index is 9.77. The summed E-state index contributed by atoms with van der Waals surface area (Å²) >= 11 is 0.